The van der Waals surface area contributed by atoms with E-state index in [2.05, 4.69) is 10.2 Å². The second-order valence-corrected chi connectivity index (χ2v) is 11.7. The number of aliphatic hydroxyl groups excluding tert-OH is 1. The number of benzene rings is 1. The molecule has 4 N–H and O–H groups in total. The number of aromatic hydroxyl groups is 1. The quantitative estimate of drug-likeness (QED) is 0.453. The van der Waals surface area contributed by atoms with E-state index in [-0.39, 0.29) is 29.5 Å². The van der Waals surface area contributed by atoms with Crippen LogP contribution in [0.25, 0.3) is 0 Å². The van der Waals surface area contributed by atoms with Crippen molar-refractivity contribution in [1.29, 1.82) is 0 Å². The Kier molecular flexibility index (Phi) is 4.46. The zero-order chi connectivity index (χ0) is 25.0. The number of ether oxygens (including phenoxy) is 2. The van der Waals surface area contributed by atoms with Crippen LogP contribution in [0.4, 0.5) is 0 Å². The molecule has 0 aromatic heterocycles. The Hall–Kier alpha value is -2.78. The van der Waals surface area contributed by atoms with Gasteiger partial charge in [-0.05, 0) is 69.0 Å². The molecule has 1 aromatic carbocycles. The number of hydrogen-bond donors (Lipinski definition) is 4. The van der Waals surface area contributed by atoms with Crippen LogP contribution in [0.1, 0.15) is 56.1 Å². The molecule has 7 rings (SSSR count). The first-order chi connectivity index (χ1) is 17.2. The molecule has 2 heterocycles. The van der Waals surface area contributed by atoms with Crippen LogP contribution in [-0.4, -0.2) is 75.6 Å². The zero-order valence-corrected chi connectivity index (χ0v) is 20.4. The van der Waals surface area contributed by atoms with Gasteiger partial charge in [-0.2, -0.15) is 0 Å². The summed E-state index contributed by atoms with van der Waals surface area (Å²) in [5.74, 6) is -0.419. The van der Waals surface area contributed by atoms with Crippen molar-refractivity contribution in [3.63, 3.8) is 0 Å². The van der Waals surface area contributed by atoms with E-state index in [1.165, 1.54) is 20.0 Å². The number of carbonyl (C=O) groups is 2. The highest BCUT2D eigenvalue weighted by Gasteiger charge is 2.73. The van der Waals surface area contributed by atoms with Gasteiger partial charge in [0.25, 0.3) is 5.91 Å². The van der Waals surface area contributed by atoms with Crippen molar-refractivity contribution in [1.82, 2.24) is 10.2 Å². The Morgan fingerprint density at radius 3 is 2.67 bits per heavy atom. The number of nitrogens with one attached hydrogen (secondary N) is 1. The largest absolute Gasteiger partial charge is 0.508 e. The van der Waals surface area contributed by atoms with Gasteiger partial charge in [-0.25, -0.2) is 4.79 Å². The number of nitrogens with zero attached hydrogens (tertiary/aromatic N) is 1. The van der Waals surface area contributed by atoms with Gasteiger partial charge < -0.3 is 30.1 Å². The lowest BCUT2D eigenvalue weighted by molar-refractivity contribution is -0.173. The number of methoxy groups -OCH3 is 1. The average molecular weight is 497 g/mol. The fraction of sp³-hybridized carbons (Fsp3) is 0.630. The van der Waals surface area contributed by atoms with E-state index in [9.17, 15) is 24.9 Å². The van der Waals surface area contributed by atoms with Crippen LogP contribution in [0.15, 0.2) is 23.5 Å². The number of amides is 1. The van der Waals surface area contributed by atoms with Crippen molar-refractivity contribution in [3.05, 3.63) is 34.6 Å². The maximum absolute atomic E-state index is 13.6. The third-order valence-electron chi connectivity index (χ3n) is 9.93. The van der Waals surface area contributed by atoms with Crippen molar-refractivity contribution in [2.24, 2.45) is 5.92 Å². The predicted molar refractivity (Wildman–Crippen MR) is 127 cm³/mol. The lowest BCUT2D eigenvalue weighted by Crippen LogP contribution is -2.76. The van der Waals surface area contributed by atoms with E-state index in [1.54, 1.807) is 6.07 Å². The molecule has 2 aliphatic heterocycles. The third-order valence-corrected chi connectivity index (χ3v) is 9.93. The molecule has 1 saturated heterocycles. The minimum atomic E-state index is -1.38. The summed E-state index contributed by atoms with van der Waals surface area (Å²) in [6.45, 7) is 1.65. The van der Waals surface area contributed by atoms with Crippen LogP contribution in [0.3, 0.4) is 0 Å². The molecule has 3 fully saturated rings. The highest BCUT2D eigenvalue weighted by Crippen LogP contribution is 2.66. The Morgan fingerprint density at radius 2 is 2.00 bits per heavy atom. The number of aliphatic hydroxyl groups is 2. The number of piperidine rings is 1. The molecule has 9 nitrogen and oxygen atoms in total. The highest BCUT2D eigenvalue weighted by molar-refractivity contribution is 5.99. The fourth-order valence-electron chi connectivity index (χ4n) is 7.77. The first-order valence-corrected chi connectivity index (χ1v) is 13.1. The Bertz CT molecular complexity index is 1220. The molecular formula is C27H32N2O7. The minimum absolute atomic E-state index is 0.0309. The smallest absolute Gasteiger partial charge is 0.331 e. The summed E-state index contributed by atoms with van der Waals surface area (Å²) in [5, 5.41) is 37.6. The SMILES string of the molecule is COC(=O)C1(NC(=O)C2=C(O)[C@@H]3Oc4c(O)ccc5c4[C@@]34CCN(CC3CC3)[C@H](C5)[C@]4(O)C2)CCC1. The molecule has 36 heavy (non-hydrogen) atoms. The standard InChI is InChI=1S/C27H32N2O7/c1-35-24(33)25(7-2-8-25)28-23(32)16-12-27(34)18-11-15-5-6-17(30)21-19(15)26(27,22(36-21)20(16)31)9-10-29(18)13-14-3-4-14/h5-6,14,18,22,30-31,34H,2-4,7-13H2,1H3,(H,28,32)/t18-,22+,26+,27-/m1/s1. The average Bonchev–Trinajstić information content (AvgIpc) is 3.57. The summed E-state index contributed by atoms with van der Waals surface area (Å²) in [5.41, 5.74) is -1.62. The summed E-state index contributed by atoms with van der Waals surface area (Å²) < 4.78 is 11.2. The molecule has 1 amide bonds. The maximum Gasteiger partial charge on any atom is 0.331 e. The van der Waals surface area contributed by atoms with Gasteiger partial charge in [-0.3, -0.25) is 9.69 Å². The molecule has 0 unspecified atom stereocenters. The Balaban J connectivity index is 1.34. The molecule has 0 radical (unpaired) electrons. The number of likely N-dealkylation sites (tertiary alicyclic amines) is 1. The van der Waals surface area contributed by atoms with Gasteiger partial charge in [0.15, 0.2) is 17.6 Å². The molecule has 4 atom stereocenters. The third kappa shape index (κ3) is 2.62. The van der Waals surface area contributed by atoms with Crippen molar-refractivity contribution in [2.45, 2.75) is 80.1 Å². The van der Waals surface area contributed by atoms with Crippen LogP contribution < -0.4 is 10.1 Å². The topological polar surface area (TPSA) is 129 Å². The van der Waals surface area contributed by atoms with E-state index < -0.39 is 34.5 Å². The first-order valence-electron chi connectivity index (χ1n) is 13.1. The van der Waals surface area contributed by atoms with E-state index in [4.69, 9.17) is 9.47 Å². The highest BCUT2D eigenvalue weighted by atomic mass is 16.5. The lowest BCUT2D eigenvalue weighted by Gasteiger charge is -2.62. The summed E-state index contributed by atoms with van der Waals surface area (Å²) in [6, 6.07) is 3.25. The predicted octanol–water partition coefficient (Wildman–Crippen LogP) is 1.59. The summed E-state index contributed by atoms with van der Waals surface area (Å²) in [7, 11) is 1.30. The van der Waals surface area contributed by atoms with Crippen molar-refractivity contribution in [2.75, 3.05) is 20.2 Å². The number of phenols is 1. The summed E-state index contributed by atoms with van der Waals surface area (Å²) in [6.07, 6.45) is 4.19. The second-order valence-electron chi connectivity index (χ2n) is 11.7. The van der Waals surface area contributed by atoms with Crippen LogP contribution in [0, 0.1) is 5.92 Å². The van der Waals surface area contributed by atoms with Crippen LogP contribution >= 0.6 is 0 Å². The number of hydrogen-bond acceptors (Lipinski definition) is 8. The minimum Gasteiger partial charge on any atom is -0.508 e. The van der Waals surface area contributed by atoms with Gasteiger partial charge in [0.05, 0.1) is 23.7 Å². The zero-order valence-electron chi connectivity index (χ0n) is 20.4. The summed E-state index contributed by atoms with van der Waals surface area (Å²) in [4.78, 5) is 28.4. The summed E-state index contributed by atoms with van der Waals surface area (Å²) >= 11 is 0. The van der Waals surface area contributed by atoms with Gasteiger partial charge >= 0.3 is 5.97 Å². The number of phenolic OH excluding ortho intramolecular Hbond substituents is 1. The van der Waals surface area contributed by atoms with E-state index in [1.807, 2.05) is 6.07 Å². The molecule has 192 valence electrons. The van der Waals surface area contributed by atoms with Crippen molar-refractivity contribution >= 4 is 11.9 Å². The van der Waals surface area contributed by atoms with E-state index >= 15 is 0 Å². The normalized spacial score (nSPS) is 35.4. The molecule has 1 spiro atoms. The first kappa shape index (κ1) is 22.4. The van der Waals surface area contributed by atoms with E-state index in [0.717, 1.165) is 30.6 Å². The van der Waals surface area contributed by atoms with Gasteiger partial charge in [0.2, 0.25) is 0 Å². The molecule has 6 aliphatic rings. The molecule has 4 aliphatic carbocycles. The molecule has 2 saturated carbocycles. The Morgan fingerprint density at radius 1 is 1.22 bits per heavy atom. The van der Waals surface area contributed by atoms with Gasteiger partial charge in [-0.1, -0.05) is 6.07 Å². The van der Waals surface area contributed by atoms with Crippen LogP contribution in [-0.2, 0) is 26.2 Å². The van der Waals surface area contributed by atoms with Crippen molar-refractivity contribution < 1.29 is 34.4 Å². The molecule has 2 bridgehead atoms. The van der Waals surface area contributed by atoms with Gasteiger partial charge in [-0.15, -0.1) is 0 Å². The molecule has 9 heteroatoms. The Labute approximate surface area is 209 Å². The maximum atomic E-state index is 13.6. The van der Waals surface area contributed by atoms with Crippen molar-refractivity contribution in [3.8, 4) is 11.5 Å². The number of carbonyl (C=O) groups excluding carboxylic acids is 2. The second kappa shape index (κ2) is 7.16. The molecule has 1 aromatic rings. The van der Waals surface area contributed by atoms with Gasteiger partial charge in [0.1, 0.15) is 11.3 Å². The van der Waals surface area contributed by atoms with Crippen LogP contribution in [0.5, 0.6) is 11.5 Å². The number of esters is 1. The molecular weight excluding hydrogens is 464 g/mol. The lowest BCUT2D eigenvalue weighted by atomic mass is 9.49. The monoisotopic (exact) mass is 496 g/mol. The number of rotatable bonds is 5. The fourth-order valence-corrected chi connectivity index (χ4v) is 7.77. The van der Waals surface area contributed by atoms with Crippen LogP contribution in [0.2, 0.25) is 0 Å². The van der Waals surface area contributed by atoms with Gasteiger partial charge in [0, 0.05) is 24.6 Å². The van der Waals surface area contributed by atoms with E-state index in [0.29, 0.717) is 37.4 Å².